The van der Waals surface area contributed by atoms with E-state index in [9.17, 15) is 13.2 Å². The Bertz CT molecular complexity index is 669. The average Bonchev–Trinajstić information content (AvgIpc) is 2.27. The minimum Gasteiger partial charge on any atom is -0.454 e. The monoisotopic (exact) mass is 378 g/mol. The van der Waals surface area contributed by atoms with E-state index in [1.807, 2.05) is 0 Å². The summed E-state index contributed by atoms with van der Waals surface area (Å²) in [6.45, 7) is 0.504. The van der Waals surface area contributed by atoms with Gasteiger partial charge in [-0.2, -0.15) is 0 Å². The van der Waals surface area contributed by atoms with Crippen LogP contribution in [0.5, 0.6) is 0 Å². The lowest BCUT2D eigenvalue weighted by Gasteiger charge is -2.26. The molecule has 0 amide bonds. The highest BCUT2D eigenvalue weighted by Crippen LogP contribution is 2.38. The molecule has 110 valence electrons. The minimum atomic E-state index is -4.18. The first-order chi connectivity index (χ1) is 9.21. The van der Waals surface area contributed by atoms with Crippen LogP contribution in [-0.2, 0) is 18.5 Å². The number of ether oxygens (including phenoxy) is 2. The van der Waals surface area contributed by atoms with Gasteiger partial charge in [0.25, 0.3) is 9.05 Å². The number of hydrogen-bond donors (Lipinski definition) is 0. The largest absolute Gasteiger partial charge is 0.454 e. The predicted molar refractivity (Wildman–Crippen MR) is 74.5 cm³/mol. The van der Waals surface area contributed by atoms with Crippen molar-refractivity contribution in [3.8, 4) is 0 Å². The van der Waals surface area contributed by atoms with Crippen LogP contribution >= 0.6 is 45.5 Å². The normalized spacial score (nSPS) is 15.8. The summed E-state index contributed by atoms with van der Waals surface area (Å²) in [7, 11) is 1.04. The van der Waals surface area contributed by atoms with Gasteiger partial charge in [0.15, 0.2) is 0 Å². The van der Waals surface area contributed by atoms with Crippen LogP contribution in [0.15, 0.2) is 11.0 Å². The molecule has 0 aliphatic carbocycles. The maximum Gasteiger partial charge on any atom is 0.341 e. The zero-order valence-corrected chi connectivity index (χ0v) is 13.4. The Morgan fingerprint density at radius 1 is 1.25 bits per heavy atom. The number of esters is 1. The van der Waals surface area contributed by atoms with E-state index in [1.165, 1.54) is 0 Å². The van der Waals surface area contributed by atoms with Crippen LogP contribution in [0.3, 0.4) is 0 Å². The maximum absolute atomic E-state index is 12.0. The number of carbonyl (C=O) groups is 1. The first kappa shape index (κ1) is 16.1. The lowest BCUT2D eigenvalue weighted by Crippen LogP contribution is -2.38. The number of rotatable bonds is 3. The van der Waals surface area contributed by atoms with Gasteiger partial charge in [0.2, 0.25) is 0 Å². The van der Waals surface area contributed by atoms with Crippen LogP contribution in [0.25, 0.3) is 0 Å². The molecule has 0 aromatic heterocycles. The van der Waals surface area contributed by atoms with E-state index in [2.05, 4.69) is 0 Å². The third-order valence-corrected chi connectivity index (χ3v) is 5.11. The lowest BCUT2D eigenvalue weighted by molar-refractivity contribution is -0.103. The molecule has 5 nitrogen and oxygen atoms in total. The Labute approximate surface area is 134 Å². The number of halogens is 4. The summed E-state index contributed by atoms with van der Waals surface area (Å²) in [5, 5.41) is -0.808. The fourth-order valence-corrected chi connectivity index (χ4v) is 3.56. The Balaban J connectivity index is 2.50. The van der Waals surface area contributed by atoms with Crippen LogP contribution in [0.1, 0.15) is 10.4 Å². The molecule has 20 heavy (non-hydrogen) atoms. The molecule has 1 aromatic carbocycles. The minimum absolute atomic E-state index is 0.174. The third-order valence-electron chi connectivity index (χ3n) is 2.47. The van der Waals surface area contributed by atoms with Gasteiger partial charge in [0.1, 0.15) is 11.0 Å². The molecule has 1 aliphatic heterocycles. The summed E-state index contributed by atoms with van der Waals surface area (Å²) in [4.78, 5) is 11.5. The predicted octanol–water partition coefficient (Wildman–Crippen LogP) is 3.13. The number of benzene rings is 1. The molecular weight excluding hydrogens is 374 g/mol. The summed E-state index contributed by atoms with van der Waals surface area (Å²) >= 11 is 17.5. The van der Waals surface area contributed by atoms with Crippen molar-refractivity contribution in [2.75, 3.05) is 13.2 Å². The first-order valence-electron chi connectivity index (χ1n) is 5.12. The summed E-state index contributed by atoms with van der Waals surface area (Å²) < 4.78 is 32.7. The molecule has 2 rings (SSSR count). The molecule has 0 N–H and O–H groups in total. The van der Waals surface area contributed by atoms with Crippen molar-refractivity contribution in [2.45, 2.75) is 11.0 Å². The molecule has 0 spiro atoms. The van der Waals surface area contributed by atoms with E-state index < -0.39 is 31.0 Å². The molecular formula is C10H6Cl4O5S. The van der Waals surface area contributed by atoms with Crippen molar-refractivity contribution in [3.63, 3.8) is 0 Å². The Morgan fingerprint density at radius 3 is 2.30 bits per heavy atom. The van der Waals surface area contributed by atoms with Gasteiger partial charge in [-0.05, 0) is 6.07 Å². The summed E-state index contributed by atoms with van der Waals surface area (Å²) in [6.07, 6.45) is -0.426. The second-order valence-corrected chi connectivity index (χ2v) is 7.56. The van der Waals surface area contributed by atoms with E-state index in [-0.39, 0.29) is 28.8 Å². The summed E-state index contributed by atoms with van der Waals surface area (Å²) in [5.74, 6) is -0.891. The lowest BCUT2D eigenvalue weighted by atomic mass is 10.2. The van der Waals surface area contributed by atoms with Crippen molar-refractivity contribution < 1.29 is 22.7 Å². The average molecular weight is 380 g/mol. The topological polar surface area (TPSA) is 69.7 Å². The molecule has 10 heteroatoms. The van der Waals surface area contributed by atoms with Crippen molar-refractivity contribution in [1.29, 1.82) is 0 Å². The van der Waals surface area contributed by atoms with E-state index in [0.717, 1.165) is 6.07 Å². The smallest absolute Gasteiger partial charge is 0.341 e. The summed E-state index contributed by atoms with van der Waals surface area (Å²) in [5.41, 5.74) is -0.341. The van der Waals surface area contributed by atoms with Gasteiger partial charge < -0.3 is 9.47 Å². The fourth-order valence-electron chi connectivity index (χ4n) is 1.43. The van der Waals surface area contributed by atoms with Gasteiger partial charge >= 0.3 is 5.97 Å². The second-order valence-electron chi connectivity index (χ2n) is 3.86. The number of hydrogen-bond acceptors (Lipinski definition) is 5. The summed E-state index contributed by atoms with van der Waals surface area (Å²) in [6, 6.07) is 0.970. The van der Waals surface area contributed by atoms with Crippen LogP contribution < -0.4 is 0 Å². The zero-order valence-electron chi connectivity index (χ0n) is 9.53. The SMILES string of the molecule is O=C(OC1COC1)c1c(Cl)c(Cl)cc(S(=O)(=O)Cl)c1Cl. The van der Waals surface area contributed by atoms with Gasteiger partial charge in [-0.15, -0.1) is 0 Å². The molecule has 0 radical (unpaired) electrons. The molecule has 0 saturated carbocycles. The van der Waals surface area contributed by atoms with Gasteiger partial charge in [-0.1, -0.05) is 34.8 Å². The van der Waals surface area contributed by atoms with Gasteiger partial charge in [-0.3, -0.25) is 0 Å². The highest BCUT2D eigenvalue weighted by Gasteiger charge is 2.30. The molecule has 1 saturated heterocycles. The first-order valence-corrected chi connectivity index (χ1v) is 8.57. The molecule has 0 unspecified atom stereocenters. The van der Waals surface area contributed by atoms with Crippen LogP contribution in [0, 0.1) is 0 Å². The maximum atomic E-state index is 12.0. The van der Waals surface area contributed by atoms with Crippen LogP contribution in [-0.4, -0.2) is 33.7 Å². The van der Waals surface area contributed by atoms with E-state index >= 15 is 0 Å². The van der Waals surface area contributed by atoms with Gasteiger partial charge in [-0.25, -0.2) is 13.2 Å². The quantitative estimate of drug-likeness (QED) is 0.458. The Morgan fingerprint density at radius 2 is 1.85 bits per heavy atom. The Hall–Kier alpha value is -0.240. The molecule has 1 heterocycles. The molecule has 0 bridgehead atoms. The standard InChI is InChI=1S/C10H6Cl4O5S/c11-5-1-6(20(14,16)17)9(13)7(8(5)12)10(15)19-4-2-18-3-4/h1,4H,2-3H2. The zero-order chi connectivity index (χ0) is 15.1. The number of carbonyl (C=O) groups excluding carboxylic acids is 1. The Kier molecular flexibility index (Phi) is 4.73. The van der Waals surface area contributed by atoms with E-state index in [4.69, 9.17) is 55.0 Å². The second kappa shape index (κ2) is 5.87. The van der Waals surface area contributed by atoms with Crippen LogP contribution in [0.4, 0.5) is 0 Å². The molecule has 0 atom stereocenters. The highest BCUT2D eigenvalue weighted by atomic mass is 35.7. The third kappa shape index (κ3) is 3.16. The van der Waals surface area contributed by atoms with E-state index in [0.29, 0.717) is 0 Å². The molecule has 1 fully saturated rings. The van der Waals surface area contributed by atoms with Gasteiger partial charge in [0, 0.05) is 10.7 Å². The van der Waals surface area contributed by atoms with Crippen molar-refractivity contribution in [1.82, 2.24) is 0 Å². The molecule has 1 aromatic rings. The van der Waals surface area contributed by atoms with Crippen LogP contribution in [0.2, 0.25) is 15.1 Å². The van der Waals surface area contributed by atoms with E-state index in [1.54, 1.807) is 0 Å². The highest BCUT2D eigenvalue weighted by molar-refractivity contribution is 8.13. The van der Waals surface area contributed by atoms with Crippen molar-refractivity contribution in [3.05, 3.63) is 26.7 Å². The van der Waals surface area contributed by atoms with Crippen molar-refractivity contribution in [2.24, 2.45) is 0 Å². The van der Waals surface area contributed by atoms with Crippen molar-refractivity contribution >= 4 is 60.5 Å². The molecule has 1 aliphatic rings. The fraction of sp³-hybridized carbons (Fsp3) is 0.300. The van der Waals surface area contributed by atoms with Gasteiger partial charge in [0.05, 0.1) is 33.8 Å².